The van der Waals surface area contributed by atoms with Crippen LogP contribution < -0.4 is 9.47 Å². The van der Waals surface area contributed by atoms with Crippen molar-refractivity contribution in [2.75, 3.05) is 26.4 Å². The van der Waals surface area contributed by atoms with E-state index >= 15 is 9.59 Å². The van der Waals surface area contributed by atoms with Crippen molar-refractivity contribution in [3.63, 3.8) is 0 Å². The molecule has 12 rings (SSSR count). The minimum absolute atomic E-state index is 0.115. The lowest BCUT2D eigenvalue weighted by molar-refractivity contribution is -0.171. The van der Waals surface area contributed by atoms with Crippen LogP contribution in [0.2, 0.25) is 0 Å². The van der Waals surface area contributed by atoms with Crippen LogP contribution in [-0.4, -0.2) is 72.7 Å². The molecule has 2 atom stereocenters. The van der Waals surface area contributed by atoms with Crippen molar-refractivity contribution in [3.05, 3.63) is 326 Å². The summed E-state index contributed by atoms with van der Waals surface area (Å²) in [5.41, 5.74) is -0.184. The summed E-state index contributed by atoms with van der Waals surface area (Å²) in [7, 11) is 0. The predicted octanol–water partition coefficient (Wildman–Crippen LogP) is 18.6. The van der Waals surface area contributed by atoms with E-state index in [-0.39, 0.29) is 33.4 Å². The Hall–Kier alpha value is -11.4. The zero-order chi connectivity index (χ0) is 69.3. The molecule has 100 heavy (non-hydrogen) atoms. The molecule has 12 aromatic rings. The van der Waals surface area contributed by atoms with E-state index in [0.717, 1.165) is 129 Å². The lowest BCUT2D eigenvalue weighted by Crippen LogP contribution is -2.59. The highest BCUT2D eigenvalue weighted by atomic mass is 16.6. The molecule has 0 aliphatic heterocycles. The van der Waals surface area contributed by atoms with E-state index in [4.69, 9.17) is 28.4 Å². The third kappa shape index (κ3) is 16.1. The van der Waals surface area contributed by atoms with Crippen LogP contribution in [-0.2, 0) is 39.7 Å². The lowest BCUT2D eigenvalue weighted by atomic mass is 9.71. The van der Waals surface area contributed by atoms with Crippen molar-refractivity contribution in [1.29, 1.82) is 0 Å². The van der Waals surface area contributed by atoms with E-state index in [1.54, 1.807) is 48.5 Å². The number of hydrogen-bond donors (Lipinski definition) is 2. The maximum atomic E-state index is 15.8. The van der Waals surface area contributed by atoms with Gasteiger partial charge in [-0.3, -0.25) is 0 Å². The fourth-order valence-electron chi connectivity index (χ4n) is 12.8. The number of ether oxygens (including phenoxy) is 6. The van der Waals surface area contributed by atoms with E-state index in [9.17, 15) is 19.8 Å². The number of benzene rings is 12. The van der Waals surface area contributed by atoms with Gasteiger partial charge in [0.2, 0.25) is 0 Å². The zero-order valence-electron chi connectivity index (χ0n) is 55.6. The Kier molecular flexibility index (Phi) is 22.1. The van der Waals surface area contributed by atoms with E-state index in [1.165, 1.54) is 0 Å². The number of carbonyl (C=O) groups excluding carboxylic acids is 4. The highest BCUT2D eigenvalue weighted by Gasteiger charge is 2.58. The topological polar surface area (TPSA) is 164 Å². The molecule has 0 aliphatic carbocycles. The quantitative estimate of drug-likeness (QED) is 0.0183. The third-order valence-electron chi connectivity index (χ3n) is 18.4. The minimum Gasteiger partial charge on any atom is -0.494 e. The fraction of sp³-hybridized carbons (Fsp3) is 0.182. The van der Waals surface area contributed by atoms with Gasteiger partial charge in [0.1, 0.15) is 11.5 Å². The summed E-state index contributed by atoms with van der Waals surface area (Å²) in [6.07, 6.45) is 5.20. The smallest absolute Gasteiger partial charge is 0.338 e. The number of hydrogen-bond acceptors (Lipinski definition) is 12. The first-order chi connectivity index (χ1) is 48.9. The minimum atomic E-state index is -2.44. The second kappa shape index (κ2) is 32.3. The zero-order valence-corrected chi connectivity index (χ0v) is 55.6. The van der Waals surface area contributed by atoms with E-state index in [1.807, 2.05) is 218 Å². The second-order valence-electron chi connectivity index (χ2n) is 24.9. The van der Waals surface area contributed by atoms with Gasteiger partial charge < -0.3 is 38.6 Å². The van der Waals surface area contributed by atoms with Crippen LogP contribution in [0.4, 0.5) is 0 Å². The summed E-state index contributed by atoms with van der Waals surface area (Å²) in [6.45, 7) is 8.63. The summed E-state index contributed by atoms with van der Waals surface area (Å²) in [5.74, 6) is -1.18. The van der Waals surface area contributed by atoms with Gasteiger partial charge in [0.05, 0.1) is 37.6 Å². The van der Waals surface area contributed by atoms with Crippen LogP contribution in [0.25, 0.3) is 65.3 Å². The van der Waals surface area contributed by atoms with Crippen LogP contribution >= 0.6 is 0 Å². The summed E-state index contributed by atoms with van der Waals surface area (Å²) in [5, 5.41) is 36.4. The molecular weight excluding hydrogens is 1250 g/mol. The number of rotatable bonds is 31. The van der Waals surface area contributed by atoms with Crippen LogP contribution in [0.3, 0.4) is 0 Å². The standard InChI is InChI=1S/C88H78O12/c1-3-81(89)97-55-19-7-5-17-53-95-79-49-41-67(42-50-79)65-29-33-69(34-30-65)85(91)99-83(87(93,75-45-37-61-21-9-13-25-71(61)57-75)76-46-38-62-22-10-14-26-72(62)58-76)84(88(94,77-47-39-63-23-11-15-27-73(63)59-77)78-48-40-64-24-12-16-28-74(64)60-78)100-86(92)70-35-31-66(32-36-70)68-43-51-80(52-44-68)96-54-18-6-8-20-56-98-82(90)4-2/h3-4,9-16,21-52,57-60,83-84,93-94H,1-2,5-8,17-20,53-56H2. The molecule has 502 valence electrons. The van der Waals surface area contributed by atoms with Gasteiger partial charge in [-0.1, -0.05) is 207 Å². The lowest BCUT2D eigenvalue weighted by Gasteiger charge is -2.46. The van der Waals surface area contributed by atoms with Gasteiger partial charge in [-0.15, -0.1) is 0 Å². The molecule has 0 spiro atoms. The molecule has 12 nitrogen and oxygen atoms in total. The molecule has 0 radical (unpaired) electrons. The Morgan fingerprint density at radius 3 is 0.860 bits per heavy atom. The first-order valence-corrected chi connectivity index (χ1v) is 34.0. The molecule has 0 heterocycles. The average Bonchev–Trinajstić information content (AvgIpc) is 0.721. The van der Waals surface area contributed by atoms with Gasteiger partial charge in [0.15, 0.2) is 23.4 Å². The van der Waals surface area contributed by atoms with Gasteiger partial charge in [-0.25, -0.2) is 19.2 Å². The highest BCUT2D eigenvalue weighted by molar-refractivity contribution is 5.93. The molecule has 2 N–H and O–H groups in total. The van der Waals surface area contributed by atoms with E-state index < -0.39 is 47.3 Å². The summed E-state index contributed by atoms with van der Waals surface area (Å²) < 4.78 is 36.5. The van der Waals surface area contributed by atoms with Crippen LogP contribution in [0.15, 0.2) is 292 Å². The molecule has 0 aliphatic rings. The molecule has 12 heteroatoms. The van der Waals surface area contributed by atoms with Crippen LogP contribution in [0.5, 0.6) is 11.5 Å². The summed E-state index contributed by atoms with van der Waals surface area (Å²) in [6, 6.07) is 82.4. The molecule has 0 bridgehead atoms. The van der Waals surface area contributed by atoms with Gasteiger partial charge in [-0.2, -0.15) is 0 Å². The van der Waals surface area contributed by atoms with Crippen LogP contribution in [0, 0.1) is 0 Å². The Morgan fingerprint density at radius 2 is 0.580 bits per heavy atom. The maximum absolute atomic E-state index is 15.8. The average molecular weight is 1330 g/mol. The van der Waals surface area contributed by atoms with E-state index in [2.05, 4.69) is 13.2 Å². The second-order valence-corrected chi connectivity index (χ2v) is 24.9. The molecule has 0 fully saturated rings. The Labute approximate surface area is 582 Å². The summed E-state index contributed by atoms with van der Waals surface area (Å²) in [4.78, 5) is 54.4. The number of fused-ring (bicyclic) bond motifs is 4. The molecular formula is C88H78O12. The van der Waals surface area contributed by atoms with Crippen molar-refractivity contribution in [2.24, 2.45) is 0 Å². The highest BCUT2D eigenvalue weighted by Crippen LogP contribution is 2.48. The number of esters is 4. The van der Waals surface area contributed by atoms with Crippen LogP contribution in [0.1, 0.15) is 94.3 Å². The molecule has 0 saturated heterocycles. The fourth-order valence-corrected chi connectivity index (χ4v) is 12.8. The number of aliphatic hydroxyl groups is 2. The Morgan fingerprint density at radius 1 is 0.320 bits per heavy atom. The van der Waals surface area contributed by atoms with Crippen molar-refractivity contribution in [1.82, 2.24) is 0 Å². The van der Waals surface area contributed by atoms with Gasteiger partial charge in [0, 0.05) is 12.2 Å². The number of carbonyl (C=O) groups is 4. The van der Waals surface area contributed by atoms with Crippen molar-refractivity contribution >= 4 is 67.0 Å². The maximum Gasteiger partial charge on any atom is 0.338 e. The molecule has 0 aromatic heterocycles. The molecule has 2 unspecified atom stereocenters. The number of unbranched alkanes of at least 4 members (excludes halogenated alkanes) is 6. The molecule has 12 aromatic carbocycles. The first kappa shape index (κ1) is 68.5. The van der Waals surface area contributed by atoms with Crippen molar-refractivity contribution in [2.45, 2.75) is 74.8 Å². The Balaban J connectivity index is 0.937. The SMILES string of the molecule is C=CC(=O)OCCCCCCOc1ccc(-c2ccc(C(=O)OC(C(OC(=O)c3ccc(-c4ccc(OCCCCCCOC(=O)C=C)cc4)cc3)C(O)(c3ccc4ccccc4c3)c3ccc4ccccc4c3)C(O)(c3ccc4ccccc4c3)c3ccc4ccccc4c3)cc2)cc1. The first-order valence-electron chi connectivity index (χ1n) is 34.0. The summed E-state index contributed by atoms with van der Waals surface area (Å²) >= 11 is 0. The normalized spacial score (nSPS) is 12.1. The van der Waals surface area contributed by atoms with Crippen molar-refractivity contribution in [3.8, 4) is 33.8 Å². The third-order valence-corrected chi connectivity index (χ3v) is 18.4. The van der Waals surface area contributed by atoms with Gasteiger partial charge in [0.25, 0.3) is 0 Å². The van der Waals surface area contributed by atoms with Crippen molar-refractivity contribution < 1.29 is 57.8 Å². The van der Waals surface area contributed by atoms with Gasteiger partial charge in [-0.05, 0) is 212 Å². The van der Waals surface area contributed by atoms with Gasteiger partial charge >= 0.3 is 23.9 Å². The molecule has 0 amide bonds. The monoisotopic (exact) mass is 1330 g/mol. The Bertz CT molecular complexity index is 4380. The largest absolute Gasteiger partial charge is 0.494 e. The van der Waals surface area contributed by atoms with E-state index in [0.29, 0.717) is 37.9 Å². The predicted molar refractivity (Wildman–Crippen MR) is 394 cm³/mol. The molecule has 0 saturated carbocycles.